The van der Waals surface area contributed by atoms with Crippen molar-refractivity contribution in [3.63, 3.8) is 0 Å². The van der Waals surface area contributed by atoms with Crippen LogP contribution in [0, 0.1) is 16.0 Å². The highest BCUT2D eigenvalue weighted by atomic mass is 16.6. The standard InChI is InChI=1S/C12H15N3O4/c1-3-4-8(2)11(16)14-12(17)9-5-6-13-10(7-9)15(18)19/h5-8H,3-4H2,1-2H3,(H,14,16,17). The number of nitro groups is 1. The molecule has 7 nitrogen and oxygen atoms in total. The molecule has 102 valence electrons. The van der Waals surface area contributed by atoms with Gasteiger partial charge in [0.25, 0.3) is 5.91 Å². The van der Waals surface area contributed by atoms with Crippen LogP contribution in [0.25, 0.3) is 0 Å². The van der Waals surface area contributed by atoms with Gasteiger partial charge in [0.2, 0.25) is 5.91 Å². The maximum absolute atomic E-state index is 11.8. The van der Waals surface area contributed by atoms with Crippen molar-refractivity contribution < 1.29 is 14.5 Å². The van der Waals surface area contributed by atoms with Gasteiger partial charge < -0.3 is 10.1 Å². The monoisotopic (exact) mass is 265 g/mol. The second-order valence-electron chi connectivity index (χ2n) is 4.17. The van der Waals surface area contributed by atoms with Crippen LogP contribution in [0.1, 0.15) is 37.0 Å². The van der Waals surface area contributed by atoms with Crippen LogP contribution in [0.15, 0.2) is 18.3 Å². The van der Waals surface area contributed by atoms with Gasteiger partial charge in [-0.3, -0.25) is 14.9 Å². The summed E-state index contributed by atoms with van der Waals surface area (Å²) < 4.78 is 0. The molecule has 19 heavy (non-hydrogen) atoms. The Morgan fingerprint density at radius 1 is 1.53 bits per heavy atom. The Morgan fingerprint density at radius 2 is 2.21 bits per heavy atom. The van der Waals surface area contributed by atoms with Gasteiger partial charge in [0.1, 0.15) is 6.20 Å². The molecule has 0 spiro atoms. The van der Waals surface area contributed by atoms with Gasteiger partial charge in [0.15, 0.2) is 0 Å². The fourth-order valence-corrected chi connectivity index (χ4v) is 1.53. The molecule has 1 aromatic rings. The Hall–Kier alpha value is -2.31. The van der Waals surface area contributed by atoms with Crippen molar-refractivity contribution in [3.05, 3.63) is 34.0 Å². The van der Waals surface area contributed by atoms with E-state index < -0.39 is 16.6 Å². The molecule has 1 N–H and O–H groups in total. The first-order valence-corrected chi connectivity index (χ1v) is 5.91. The van der Waals surface area contributed by atoms with E-state index in [1.165, 1.54) is 6.07 Å². The minimum absolute atomic E-state index is 0.0405. The summed E-state index contributed by atoms with van der Waals surface area (Å²) >= 11 is 0. The normalized spacial score (nSPS) is 11.7. The Labute approximate surface area is 110 Å². The molecule has 0 fully saturated rings. The molecule has 1 rings (SSSR count). The highest BCUT2D eigenvalue weighted by Crippen LogP contribution is 2.10. The zero-order chi connectivity index (χ0) is 14.4. The number of pyridine rings is 1. The highest BCUT2D eigenvalue weighted by Gasteiger charge is 2.18. The van der Waals surface area contributed by atoms with E-state index in [9.17, 15) is 19.7 Å². The molecule has 0 saturated carbocycles. The fourth-order valence-electron chi connectivity index (χ4n) is 1.53. The summed E-state index contributed by atoms with van der Waals surface area (Å²) in [5.41, 5.74) is 0.0405. The predicted molar refractivity (Wildman–Crippen MR) is 67.4 cm³/mol. The Morgan fingerprint density at radius 3 is 2.79 bits per heavy atom. The van der Waals surface area contributed by atoms with Gasteiger partial charge in [0.05, 0.1) is 5.56 Å². The van der Waals surface area contributed by atoms with Crippen molar-refractivity contribution in [1.82, 2.24) is 10.3 Å². The summed E-state index contributed by atoms with van der Waals surface area (Å²) in [5.74, 6) is -1.74. The van der Waals surface area contributed by atoms with Gasteiger partial charge in [-0.05, 0) is 22.4 Å². The van der Waals surface area contributed by atoms with Crippen LogP contribution in [0.3, 0.4) is 0 Å². The first-order chi connectivity index (χ1) is 8.95. The summed E-state index contributed by atoms with van der Waals surface area (Å²) in [6.07, 6.45) is 2.67. The van der Waals surface area contributed by atoms with Crippen molar-refractivity contribution in [2.24, 2.45) is 5.92 Å². The zero-order valence-corrected chi connectivity index (χ0v) is 10.8. The average molecular weight is 265 g/mol. The Kier molecular flexibility index (Phi) is 5.11. The topological polar surface area (TPSA) is 102 Å². The van der Waals surface area contributed by atoms with Crippen LogP contribution < -0.4 is 5.32 Å². The minimum Gasteiger partial charge on any atom is -0.358 e. The SMILES string of the molecule is CCCC(C)C(=O)NC(=O)c1ccnc([N+](=O)[O-])c1. The summed E-state index contributed by atoms with van der Waals surface area (Å²) in [4.78, 5) is 36.8. The van der Waals surface area contributed by atoms with Gasteiger partial charge in [0, 0.05) is 12.0 Å². The largest absolute Gasteiger partial charge is 0.364 e. The first kappa shape index (κ1) is 14.7. The minimum atomic E-state index is -0.696. The van der Waals surface area contributed by atoms with E-state index >= 15 is 0 Å². The Balaban J connectivity index is 2.76. The van der Waals surface area contributed by atoms with Crippen molar-refractivity contribution in [1.29, 1.82) is 0 Å². The van der Waals surface area contributed by atoms with Crippen LogP contribution >= 0.6 is 0 Å². The van der Waals surface area contributed by atoms with Gasteiger partial charge in [-0.1, -0.05) is 20.3 Å². The van der Waals surface area contributed by atoms with Gasteiger partial charge in [-0.2, -0.15) is 0 Å². The second-order valence-corrected chi connectivity index (χ2v) is 4.17. The molecule has 0 aliphatic carbocycles. The third kappa shape index (κ3) is 4.13. The van der Waals surface area contributed by atoms with E-state index in [2.05, 4.69) is 10.3 Å². The second kappa shape index (κ2) is 6.58. The van der Waals surface area contributed by atoms with Crippen LogP contribution in [0.2, 0.25) is 0 Å². The molecule has 0 radical (unpaired) electrons. The number of aromatic nitrogens is 1. The van der Waals surface area contributed by atoms with Gasteiger partial charge in [-0.15, -0.1) is 0 Å². The van der Waals surface area contributed by atoms with Crippen LogP contribution in [0.4, 0.5) is 5.82 Å². The molecule has 0 aliphatic heterocycles. The zero-order valence-electron chi connectivity index (χ0n) is 10.8. The number of hydrogen-bond donors (Lipinski definition) is 1. The number of nitrogens with one attached hydrogen (secondary N) is 1. The molecule has 2 amide bonds. The summed E-state index contributed by atoms with van der Waals surface area (Å²) in [6.45, 7) is 3.67. The summed E-state index contributed by atoms with van der Waals surface area (Å²) in [7, 11) is 0. The van der Waals surface area contributed by atoms with Crippen molar-refractivity contribution >= 4 is 17.6 Å². The van der Waals surface area contributed by atoms with Crippen molar-refractivity contribution in [3.8, 4) is 0 Å². The molecule has 0 saturated heterocycles. The Bertz CT molecular complexity index is 502. The van der Waals surface area contributed by atoms with E-state index in [4.69, 9.17) is 0 Å². The van der Waals surface area contributed by atoms with E-state index in [1.807, 2.05) is 6.92 Å². The molecule has 7 heteroatoms. The van der Waals surface area contributed by atoms with E-state index in [0.717, 1.165) is 18.7 Å². The fraction of sp³-hybridized carbons (Fsp3) is 0.417. The molecular weight excluding hydrogens is 250 g/mol. The maximum Gasteiger partial charge on any atom is 0.364 e. The molecule has 1 unspecified atom stereocenters. The number of imide groups is 1. The molecule has 1 atom stereocenters. The van der Waals surface area contributed by atoms with Crippen molar-refractivity contribution in [2.75, 3.05) is 0 Å². The summed E-state index contributed by atoms with van der Waals surface area (Å²) in [6, 6.07) is 2.35. The number of nitrogens with zero attached hydrogens (tertiary/aromatic N) is 2. The first-order valence-electron chi connectivity index (χ1n) is 5.91. The number of amides is 2. The molecule has 1 heterocycles. The molecule has 1 aromatic heterocycles. The van der Waals surface area contributed by atoms with E-state index in [-0.39, 0.29) is 17.4 Å². The lowest BCUT2D eigenvalue weighted by atomic mass is 10.1. The molecule has 0 aromatic carbocycles. The van der Waals surface area contributed by atoms with E-state index in [0.29, 0.717) is 6.42 Å². The highest BCUT2D eigenvalue weighted by molar-refractivity contribution is 6.05. The third-order valence-electron chi connectivity index (χ3n) is 2.60. The number of carbonyl (C=O) groups excluding carboxylic acids is 2. The smallest absolute Gasteiger partial charge is 0.358 e. The lowest BCUT2D eigenvalue weighted by molar-refractivity contribution is -0.389. The quantitative estimate of drug-likeness (QED) is 0.644. The molecular formula is C12H15N3O4. The number of hydrogen-bond acceptors (Lipinski definition) is 5. The number of carbonyl (C=O) groups is 2. The predicted octanol–water partition coefficient (Wildman–Crippen LogP) is 1.68. The van der Waals surface area contributed by atoms with E-state index in [1.54, 1.807) is 6.92 Å². The van der Waals surface area contributed by atoms with Crippen molar-refractivity contribution in [2.45, 2.75) is 26.7 Å². The molecule has 0 aliphatic rings. The molecule has 0 bridgehead atoms. The lowest BCUT2D eigenvalue weighted by Crippen LogP contribution is -2.34. The van der Waals surface area contributed by atoms with Crippen LogP contribution in [-0.2, 0) is 4.79 Å². The maximum atomic E-state index is 11.8. The van der Waals surface area contributed by atoms with Crippen LogP contribution in [0.5, 0.6) is 0 Å². The third-order valence-corrected chi connectivity index (χ3v) is 2.60. The van der Waals surface area contributed by atoms with Crippen LogP contribution in [-0.4, -0.2) is 21.7 Å². The summed E-state index contributed by atoms with van der Waals surface area (Å²) in [5, 5.41) is 12.8. The average Bonchev–Trinajstić information content (AvgIpc) is 2.39. The number of rotatable bonds is 5. The lowest BCUT2D eigenvalue weighted by Gasteiger charge is -2.09. The van der Waals surface area contributed by atoms with Gasteiger partial charge >= 0.3 is 5.82 Å². The van der Waals surface area contributed by atoms with Gasteiger partial charge in [-0.25, -0.2) is 0 Å².